The highest BCUT2D eigenvalue weighted by Gasteiger charge is 2.36. The molecule has 0 saturated carbocycles. The van der Waals surface area contributed by atoms with Crippen molar-refractivity contribution in [1.82, 2.24) is 15.4 Å². The average Bonchev–Trinajstić information content (AvgIpc) is 3.26. The molecule has 0 fully saturated rings. The molecular formula is C19H22BrN3O4. The van der Waals surface area contributed by atoms with Crippen molar-refractivity contribution in [3.05, 3.63) is 46.6 Å². The van der Waals surface area contributed by atoms with E-state index in [1.54, 1.807) is 13.8 Å². The third-order valence-electron chi connectivity index (χ3n) is 4.38. The zero-order valence-electron chi connectivity index (χ0n) is 15.2. The van der Waals surface area contributed by atoms with Crippen LogP contribution in [0.5, 0.6) is 0 Å². The van der Waals surface area contributed by atoms with Gasteiger partial charge in [-0.05, 0) is 44.5 Å². The lowest BCUT2D eigenvalue weighted by Gasteiger charge is -2.31. The number of hydrogen-bond donors (Lipinski definition) is 2. The Bertz CT molecular complexity index is 864. The Balaban J connectivity index is 1.88. The van der Waals surface area contributed by atoms with Crippen molar-refractivity contribution in [2.24, 2.45) is 0 Å². The van der Waals surface area contributed by atoms with E-state index >= 15 is 0 Å². The van der Waals surface area contributed by atoms with Crippen LogP contribution in [0.4, 0.5) is 9.59 Å². The van der Waals surface area contributed by atoms with Gasteiger partial charge in [0, 0.05) is 27.0 Å². The minimum atomic E-state index is -0.684. The molecule has 8 heteroatoms. The lowest BCUT2D eigenvalue weighted by atomic mass is 9.99. The van der Waals surface area contributed by atoms with Gasteiger partial charge in [-0.1, -0.05) is 28.1 Å². The quantitative estimate of drug-likeness (QED) is 0.548. The molecule has 0 unspecified atom stereocenters. The molecule has 1 aliphatic rings. The predicted octanol–water partition coefficient (Wildman–Crippen LogP) is 4.46. The van der Waals surface area contributed by atoms with Gasteiger partial charge < -0.3 is 14.5 Å². The second-order valence-electron chi connectivity index (χ2n) is 6.11. The van der Waals surface area contributed by atoms with Gasteiger partial charge in [0.05, 0.1) is 19.3 Å². The van der Waals surface area contributed by atoms with Crippen molar-refractivity contribution in [3.63, 3.8) is 0 Å². The average molecular weight is 436 g/mol. The van der Waals surface area contributed by atoms with Crippen LogP contribution in [0.3, 0.4) is 0 Å². The SMILES string of the molecule is CCOC(=O)NN(C(=O)OCC)[C@H]1CC=C[C@@H]1c1cc2cc(Br)ccc2[nH]1. The molecule has 3 rings (SSSR count). The Kier molecular flexibility index (Phi) is 6.05. The number of hydrogen-bond acceptors (Lipinski definition) is 4. The Labute approximate surface area is 165 Å². The molecule has 0 spiro atoms. The highest BCUT2D eigenvalue weighted by Crippen LogP contribution is 2.34. The smallest absolute Gasteiger partial charge is 0.429 e. The number of aromatic nitrogens is 1. The summed E-state index contributed by atoms with van der Waals surface area (Å²) >= 11 is 3.48. The van der Waals surface area contributed by atoms with Crippen molar-refractivity contribution >= 4 is 39.0 Å². The van der Waals surface area contributed by atoms with Gasteiger partial charge in [-0.2, -0.15) is 0 Å². The fourth-order valence-corrected chi connectivity index (χ4v) is 3.62. The van der Waals surface area contributed by atoms with Crippen LogP contribution in [0.25, 0.3) is 10.9 Å². The van der Waals surface area contributed by atoms with E-state index in [0.717, 1.165) is 21.1 Å². The fraction of sp³-hybridized carbons (Fsp3) is 0.368. The largest absolute Gasteiger partial charge is 0.449 e. The van der Waals surface area contributed by atoms with Crippen LogP contribution in [-0.4, -0.2) is 41.4 Å². The number of fused-ring (bicyclic) bond motifs is 1. The zero-order valence-corrected chi connectivity index (χ0v) is 16.8. The number of amides is 2. The van der Waals surface area contributed by atoms with E-state index in [1.165, 1.54) is 5.01 Å². The molecule has 1 aromatic heterocycles. The van der Waals surface area contributed by atoms with Crippen molar-refractivity contribution in [2.75, 3.05) is 13.2 Å². The minimum absolute atomic E-state index is 0.109. The molecule has 1 aliphatic carbocycles. The molecule has 0 radical (unpaired) electrons. The lowest BCUT2D eigenvalue weighted by molar-refractivity contribution is 0.0539. The maximum absolute atomic E-state index is 12.5. The van der Waals surface area contributed by atoms with E-state index in [2.05, 4.69) is 32.4 Å². The first-order valence-electron chi connectivity index (χ1n) is 8.87. The van der Waals surface area contributed by atoms with Crippen LogP contribution >= 0.6 is 15.9 Å². The molecule has 0 aliphatic heterocycles. The maximum Gasteiger partial charge on any atom is 0.429 e. The number of H-pyrrole nitrogens is 1. The van der Waals surface area contributed by atoms with Crippen LogP contribution in [0.2, 0.25) is 0 Å². The van der Waals surface area contributed by atoms with Crippen molar-refractivity contribution in [2.45, 2.75) is 32.2 Å². The molecule has 7 nitrogen and oxygen atoms in total. The van der Waals surface area contributed by atoms with Gasteiger partial charge in [-0.25, -0.2) is 20.0 Å². The van der Waals surface area contributed by atoms with Gasteiger partial charge in [-0.3, -0.25) is 0 Å². The normalized spacial score (nSPS) is 18.5. The molecule has 2 atom stereocenters. The summed E-state index contributed by atoms with van der Waals surface area (Å²) in [6.45, 7) is 3.86. The van der Waals surface area contributed by atoms with E-state index in [9.17, 15) is 9.59 Å². The van der Waals surface area contributed by atoms with Crippen LogP contribution in [0.15, 0.2) is 40.9 Å². The molecule has 2 aromatic rings. The summed E-state index contributed by atoms with van der Waals surface area (Å²) in [5.41, 5.74) is 4.49. The number of nitrogens with one attached hydrogen (secondary N) is 2. The van der Waals surface area contributed by atoms with E-state index in [1.807, 2.05) is 30.4 Å². The molecule has 27 heavy (non-hydrogen) atoms. The number of halogens is 1. The van der Waals surface area contributed by atoms with Crippen LogP contribution in [0, 0.1) is 0 Å². The van der Waals surface area contributed by atoms with E-state index in [0.29, 0.717) is 6.42 Å². The first-order valence-corrected chi connectivity index (χ1v) is 9.67. The Morgan fingerprint density at radius 3 is 2.78 bits per heavy atom. The summed E-state index contributed by atoms with van der Waals surface area (Å²) in [7, 11) is 0. The zero-order chi connectivity index (χ0) is 19.4. The van der Waals surface area contributed by atoms with Crippen LogP contribution < -0.4 is 5.43 Å². The van der Waals surface area contributed by atoms with Gasteiger partial charge in [0.15, 0.2) is 0 Å². The summed E-state index contributed by atoms with van der Waals surface area (Å²) in [6, 6.07) is 7.74. The summed E-state index contributed by atoms with van der Waals surface area (Å²) in [5.74, 6) is -0.109. The lowest BCUT2D eigenvalue weighted by Crippen LogP contribution is -2.53. The number of hydrazine groups is 1. The van der Waals surface area contributed by atoms with Crippen molar-refractivity contribution < 1.29 is 19.1 Å². The third-order valence-corrected chi connectivity index (χ3v) is 4.87. The van der Waals surface area contributed by atoms with Crippen LogP contribution in [0.1, 0.15) is 31.9 Å². The molecule has 2 amide bonds. The van der Waals surface area contributed by atoms with Gasteiger partial charge in [0.1, 0.15) is 0 Å². The Morgan fingerprint density at radius 1 is 1.26 bits per heavy atom. The fourth-order valence-electron chi connectivity index (χ4n) is 3.24. The predicted molar refractivity (Wildman–Crippen MR) is 105 cm³/mol. The highest BCUT2D eigenvalue weighted by molar-refractivity contribution is 9.10. The second kappa shape index (κ2) is 8.47. The number of ether oxygens (including phenoxy) is 2. The molecular weight excluding hydrogens is 414 g/mol. The number of nitrogens with zero attached hydrogens (tertiary/aromatic N) is 1. The first-order chi connectivity index (χ1) is 13.0. The number of carbonyl (C=O) groups is 2. The molecule has 2 N–H and O–H groups in total. The summed E-state index contributed by atoms with van der Waals surface area (Å²) < 4.78 is 11.1. The number of benzene rings is 1. The summed E-state index contributed by atoms with van der Waals surface area (Å²) in [4.78, 5) is 27.8. The van der Waals surface area contributed by atoms with Crippen molar-refractivity contribution in [1.29, 1.82) is 0 Å². The Morgan fingerprint density at radius 2 is 2.04 bits per heavy atom. The maximum atomic E-state index is 12.5. The highest BCUT2D eigenvalue weighted by atomic mass is 79.9. The molecule has 0 saturated heterocycles. The van der Waals surface area contributed by atoms with E-state index < -0.39 is 12.2 Å². The van der Waals surface area contributed by atoms with E-state index in [4.69, 9.17) is 9.47 Å². The Hall–Kier alpha value is -2.48. The van der Waals surface area contributed by atoms with Gasteiger partial charge in [0.2, 0.25) is 0 Å². The summed E-state index contributed by atoms with van der Waals surface area (Å²) in [5, 5.41) is 2.30. The minimum Gasteiger partial charge on any atom is -0.449 e. The number of aromatic amines is 1. The second-order valence-corrected chi connectivity index (χ2v) is 7.03. The summed E-state index contributed by atoms with van der Waals surface area (Å²) in [6.07, 6.45) is 3.33. The topological polar surface area (TPSA) is 83.7 Å². The van der Waals surface area contributed by atoms with Gasteiger partial charge in [-0.15, -0.1) is 0 Å². The number of rotatable bonds is 4. The molecule has 1 heterocycles. The van der Waals surface area contributed by atoms with Crippen LogP contribution in [-0.2, 0) is 9.47 Å². The monoisotopic (exact) mass is 435 g/mol. The van der Waals surface area contributed by atoms with Crippen molar-refractivity contribution in [3.8, 4) is 0 Å². The first kappa shape index (κ1) is 19.3. The molecule has 1 aromatic carbocycles. The van der Waals surface area contributed by atoms with Gasteiger partial charge in [0.25, 0.3) is 0 Å². The number of carbonyl (C=O) groups excluding carboxylic acids is 2. The standard InChI is InChI=1S/C19H22BrN3O4/c1-3-26-18(24)22-23(19(25)27-4-2)17-7-5-6-14(17)16-11-12-10-13(20)8-9-15(12)21-16/h5-6,8-11,14,17,21H,3-4,7H2,1-2H3,(H,22,24)/t14-,17+/m1/s1. The third kappa shape index (κ3) is 4.27. The van der Waals surface area contributed by atoms with E-state index in [-0.39, 0.29) is 25.2 Å². The molecule has 0 bridgehead atoms. The molecule has 144 valence electrons. The van der Waals surface area contributed by atoms with Gasteiger partial charge >= 0.3 is 12.2 Å².